The number of thiazole rings is 1. The van der Waals surface area contributed by atoms with Crippen LogP contribution in [0.1, 0.15) is 18.9 Å². The first kappa shape index (κ1) is 12.5. The van der Waals surface area contributed by atoms with Crippen molar-refractivity contribution in [3.8, 4) is 6.07 Å². The zero-order valence-corrected chi connectivity index (χ0v) is 11.0. The van der Waals surface area contributed by atoms with E-state index >= 15 is 0 Å². The van der Waals surface area contributed by atoms with Gasteiger partial charge in [0.05, 0.1) is 22.9 Å². The molecule has 1 heterocycles. The quantitative estimate of drug-likeness (QED) is 0.796. The molecule has 1 atom stereocenters. The monoisotopic (exact) mass is 260 g/mol. The Morgan fingerprint density at radius 2 is 2.28 bits per heavy atom. The van der Waals surface area contributed by atoms with Crippen LogP contribution in [0.2, 0.25) is 0 Å². The fourth-order valence-corrected chi connectivity index (χ4v) is 2.59. The van der Waals surface area contributed by atoms with Crippen molar-refractivity contribution in [3.63, 3.8) is 0 Å². The first-order chi connectivity index (χ1) is 8.61. The normalized spacial score (nSPS) is 13.8. The number of nitriles is 1. The summed E-state index contributed by atoms with van der Waals surface area (Å²) in [5, 5.41) is 9.75. The van der Waals surface area contributed by atoms with Crippen molar-refractivity contribution in [1.82, 2.24) is 4.98 Å². The average Bonchev–Trinajstić information content (AvgIpc) is 2.82. The first-order valence-corrected chi connectivity index (χ1v) is 6.38. The summed E-state index contributed by atoms with van der Waals surface area (Å²) in [6.07, 6.45) is 0. The van der Waals surface area contributed by atoms with Crippen LogP contribution in [0.3, 0.4) is 0 Å². The van der Waals surface area contributed by atoms with E-state index < -0.39 is 11.4 Å². The van der Waals surface area contributed by atoms with Gasteiger partial charge in [-0.1, -0.05) is 12.1 Å². The Kier molecular flexibility index (Phi) is 3.30. The molecule has 0 N–H and O–H groups in total. The Morgan fingerprint density at radius 3 is 2.89 bits per heavy atom. The Morgan fingerprint density at radius 1 is 1.56 bits per heavy atom. The molecule has 0 bridgehead atoms. The molecule has 2 rings (SSSR count). The molecule has 0 aliphatic heterocycles. The largest absolute Gasteiger partial charge is 0.464 e. The molecule has 1 unspecified atom stereocenters. The van der Waals surface area contributed by atoms with E-state index in [1.54, 1.807) is 13.8 Å². The molecule has 5 heteroatoms. The Labute approximate surface area is 109 Å². The molecule has 2 aromatic rings. The summed E-state index contributed by atoms with van der Waals surface area (Å²) < 4.78 is 5.91. The van der Waals surface area contributed by atoms with Gasteiger partial charge in [0.25, 0.3) is 0 Å². The van der Waals surface area contributed by atoms with Gasteiger partial charge >= 0.3 is 5.97 Å². The number of benzene rings is 1. The van der Waals surface area contributed by atoms with Crippen molar-refractivity contribution in [2.45, 2.75) is 19.3 Å². The summed E-state index contributed by atoms with van der Waals surface area (Å²) in [6.45, 7) is 3.51. The zero-order chi connectivity index (χ0) is 13.2. The van der Waals surface area contributed by atoms with E-state index in [2.05, 4.69) is 4.98 Å². The number of nitrogens with zero attached hydrogens (tertiary/aromatic N) is 2. The highest BCUT2D eigenvalue weighted by atomic mass is 32.1. The van der Waals surface area contributed by atoms with Crippen molar-refractivity contribution in [2.24, 2.45) is 0 Å². The lowest BCUT2D eigenvalue weighted by molar-refractivity contribution is -0.147. The molecule has 92 valence electrons. The van der Waals surface area contributed by atoms with E-state index in [0.29, 0.717) is 5.01 Å². The highest BCUT2D eigenvalue weighted by molar-refractivity contribution is 7.18. The summed E-state index contributed by atoms with van der Waals surface area (Å²) in [7, 11) is 0. The van der Waals surface area contributed by atoms with E-state index in [4.69, 9.17) is 4.74 Å². The van der Waals surface area contributed by atoms with Gasteiger partial charge in [-0.25, -0.2) is 9.78 Å². The van der Waals surface area contributed by atoms with Crippen LogP contribution in [0, 0.1) is 11.3 Å². The minimum atomic E-state index is -1.33. The lowest BCUT2D eigenvalue weighted by atomic mass is 9.94. The lowest BCUT2D eigenvalue weighted by Gasteiger charge is -2.16. The number of hydrogen-bond donors (Lipinski definition) is 0. The van der Waals surface area contributed by atoms with Crippen molar-refractivity contribution < 1.29 is 9.53 Å². The third-order valence-electron chi connectivity index (χ3n) is 2.63. The maximum Gasteiger partial charge on any atom is 0.333 e. The second-order valence-electron chi connectivity index (χ2n) is 3.94. The molecule has 4 nitrogen and oxygen atoms in total. The fourth-order valence-electron chi connectivity index (χ4n) is 1.54. The number of para-hydroxylation sites is 1. The molecule has 0 aliphatic carbocycles. The SMILES string of the molecule is CCOC(=O)C(C)(C#N)c1nc2ccccc2s1. The molecule has 0 aliphatic rings. The number of ether oxygens (including phenoxy) is 1. The molecule has 0 fully saturated rings. The Bertz CT molecular complexity index is 596. The second kappa shape index (κ2) is 4.75. The molecular formula is C13H12N2O2S. The van der Waals surface area contributed by atoms with Gasteiger partial charge in [-0.15, -0.1) is 11.3 Å². The number of fused-ring (bicyclic) bond motifs is 1. The van der Waals surface area contributed by atoms with Crippen molar-refractivity contribution in [3.05, 3.63) is 29.3 Å². The van der Waals surface area contributed by atoms with Gasteiger partial charge in [0.15, 0.2) is 0 Å². The maximum absolute atomic E-state index is 11.9. The maximum atomic E-state index is 11.9. The van der Waals surface area contributed by atoms with Crippen LogP contribution in [0.15, 0.2) is 24.3 Å². The fraction of sp³-hybridized carbons (Fsp3) is 0.308. The highest BCUT2D eigenvalue weighted by Gasteiger charge is 2.40. The predicted octanol–water partition coefficient (Wildman–Crippen LogP) is 2.64. The van der Waals surface area contributed by atoms with Crippen molar-refractivity contribution >= 4 is 27.5 Å². The van der Waals surface area contributed by atoms with Crippen LogP contribution in [-0.4, -0.2) is 17.6 Å². The van der Waals surface area contributed by atoms with Crippen LogP contribution in [0.4, 0.5) is 0 Å². The van der Waals surface area contributed by atoms with Crippen molar-refractivity contribution in [2.75, 3.05) is 6.61 Å². The summed E-state index contributed by atoms with van der Waals surface area (Å²) >= 11 is 1.35. The third-order valence-corrected chi connectivity index (χ3v) is 3.89. The second-order valence-corrected chi connectivity index (χ2v) is 4.97. The summed E-state index contributed by atoms with van der Waals surface area (Å²) in [5.41, 5.74) is -0.539. The number of aromatic nitrogens is 1. The van der Waals surface area contributed by atoms with Gasteiger partial charge in [0, 0.05) is 0 Å². The summed E-state index contributed by atoms with van der Waals surface area (Å²) in [4.78, 5) is 16.2. The van der Waals surface area contributed by atoms with Gasteiger partial charge in [-0.3, -0.25) is 0 Å². The summed E-state index contributed by atoms with van der Waals surface area (Å²) in [6, 6.07) is 9.57. The minimum absolute atomic E-state index is 0.251. The number of esters is 1. The van der Waals surface area contributed by atoms with Crippen LogP contribution < -0.4 is 0 Å². The van der Waals surface area contributed by atoms with Crippen LogP contribution in [0.25, 0.3) is 10.2 Å². The van der Waals surface area contributed by atoms with Crippen molar-refractivity contribution in [1.29, 1.82) is 5.26 Å². The smallest absolute Gasteiger partial charge is 0.333 e. The van der Waals surface area contributed by atoms with Gasteiger partial charge in [0.2, 0.25) is 5.41 Å². The van der Waals surface area contributed by atoms with E-state index in [0.717, 1.165) is 10.2 Å². The molecule has 1 aromatic carbocycles. The molecule has 1 aromatic heterocycles. The van der Waals surface area contributed by atoms with Crippen LogP contribution in [0.5, 0.6) is 0 Å². The highest BCUT2D eigenvalue weighted by Crippen LogP contribution is 2.32. The zero-order valence-electron chi connectivity index (χ0n) is 10.1. The summed E-state index contributed by atoms with van der Waals surface area (Å²) in [5.74, 6) is -0.549. The molecule has 0 saturated carbocycles. The minimum Gasteiger partial charge on any atom is -0.464 e. The number of hydrogen-bond acceptors (Lipinski definition) is 5. The van der Waals surface area contributed by atoms with Gasteiger partial charge in [0.1, 0.15) is 5.01 Å². The molecule has 0 radical (unpaired) electrons. The van der Waals surface area contributed by atoms with Gasteiger partial charge in [-0.05, 0) is 26.0 Å². The molecule has 0 spiro atoms. The van der Waals surface area contributed by atoms with Gasteiger partial charge < -0.3 is 4.74 Å². The third kappa shape index (κ3) is 1.95. The number of carbonyl (C=O) groups excluding carboxylic acids is 1. The molecular weight excluding hydrogens is 248 g/mol. The number of rotatable bonds is 3. The Hall–Kier alpha value is -1.93. The lowest BCUT2D eigenvalue weighted by Crippen LogP contribution is -2.32. The van der Waals surface area contributed by atoms with E-state index in [9.17, 15) is 10.1 Å². The topological polar surface area (TPSA) is 63.0 Å². The molecule has 0 amide bonds. The van der Waals surface area contributed by atoms with E-state index in [1.807, 2.05) is 30.3 Å². The van der Waals surface area contributed by atoms with E-state index in [1.165, 1.54) is 11.3 Å². The number of carbonyl (C=O) groups is 1. The first-order valence-electron chi connectivity index (χ1n) is 5.56. The average molecular weight is 260 g/mol. The van der Waals surface area contributed by atoms with Gasteiger partial charge in [-0.2, -0.15) is 5.26 Å². The molecule has 18 heavy (non-hydrogen) atoms. The molecule has 0 saturated heterocycles. The predicted molar refractivity (Wildman–Crippen MR) is 69.2 cm³/mol. The Balaban J connectivity index is 2.50. The standard InChI is InChI=1S/C13H12N2O2S/c1-3-17-12(16)13(2,8-14)11-15-9-6-4-5-7-10(9)18-11/h4-7H,3H2,1-2H3. The van der Waals surface area contributed by atoms with E-state index in [-0.39, 0.29) is 6.61 Å². The van der Waals surface area contributed by atoms with Crippen LogP contribution in [-0.2, 0) is 14.9 Å². The van der Waals surface area contributed by atoms with Crippen LogP contribution >= 0.6 is 11.3 Å².